The first-order valence-electron chi connectivity index (χ1n) is 12.9. The van der Waals surface area contributed by atoms with Gasteiger partial charge in [-0.25, -0.2) is 9.78 Å². The van der Waals surface area contributed by atoms with E-state index in [-0.39, 0.29) is 16.9 Å². The molecule has 3 heterocycles. The zero-order valence-electron chi connectivity index (χ0n) is 21.1. The van der Waals surface area contributed by atoms with Gasteiger partial charge >= 0.3 is 5.97 Å². The highest BCUT2D eigenvalue weighted by Gasteiger charge is 2.33. The van der Waals surface area contributed by atoms with Crippen LogP contribution in [0.25, 0.3) is 16.7 Å². The lowest BCUT2D eigenvalue weighted by atomic mass is 9.84. The first-order valence-corrected chi connectivity index (χ1v) is 12.9. The fourth-order valence-corrected chi connectivity index (χ4v) is 5.52. The average molecular weight is 512 g/mol. The first kappa shape index (κ1) is 24.3. The molecule has 0 saturated carbocycles. The van der Waals surface area contributed by atoms with Crippen LogP contribution in [-0.2, 0) is 18.4 Å². The summed E-state index contributed by atoms with van der Waals surface area (Å²) >= 11 is 0. The molecule has 2 aromatic carbocycles. The van der Waals surface area contributed by atoms with Crippen LogP contribution in [-0.4, -0.2) is 55.8 Å². The van der Waals surface area contributed by atoms with Gasteiger partial charge in [-0.05, 0) is 80.1 Å². The largest absolute Gasteiger partial charge is 0.477 e. The van der Waals surface area contributed by atoms with Crippen molar-refractivity contribution in [3.05, 3.63) is 87.3 Å². The fourth-order valence-electron chi connectivity index (χ4n) is 5.52. The van der Waals surface area contributed by atoms with Crippen molar-refractivity contribution in [1.82, 2.24) is 19.4 Å². The molecule has 0 spiro atoms. The van der Waals surface area contributed by atoms with E-state index in [0.29, 0.717) is 24.2 Å². The number of pyridine rings is 1. The molecule has 194 valence electrons. The van der Waals surface area contributed by atoms with E-state index in [1.807, 2.05) is 36.4 Å². The van der Waals surface area contributed by atoms with Gasteiger partial charge in [-0.15, -0.1) is 0 Å². The number of fused-ring (bicyclic) bond motifs is 2. The molecule has 9 heteroatoms. The number of carboxylic acid groups (broad SMARTS) is 1. The molecule has 2 aromatic heterocycles. The number of hydrogen-bond acceptors (Lipinski definition) is 7. The standard InChI is InChI=1S/C29H29N5O4/c1-33-12-10-29(38,11-13-33)20-6-3-7-21(15-20)31-28-30-16-23-25(35)24(27(36)37)17-34(26(23)32-28)22-9-8-18-4-2-5-19(18)14-22/h3,6-9,14-17,38H,2,4-5,10-13H2,1H3,(H,36,37)(H,30,31,32). The Morgan fingerprint density at radius 3 is 2.66 bits per heavy atom. The molecule has 0 unspecified atom stereocenters. The van der Waals surface area contributed by atoms with Crippen LogP contribution in [0.15, 0.2) is 59.7 Å². The van der Waals surface area contributed by atoms with Crippen LogP contribution in [0.5, 0.6) is 0 Å². The zero-order valence-corrected chi connectivity index (χ0v) is 21.1. The van der Waals surface area contributed by atoms with Crippen LogP contribution in [0.1, 0.15) is 46.3 Å². The van der Waals surface area contributed by atoms with Crippen molar-refractivity contribution in [1.29, 1.82) is 0 Å². The number of anilines is 2. The summed E-state index contributed by atoms with van der Waals surface area (Å²) in [6.45, 7) is 1.64. The van der Waals surface area contributed by atoms with Crippen molar-refractivity contribution in [2.45, 2.75) is 37.7 Å². The van der Waals surface area contributed by atoms with Crippen LogP contribution in [0, 0.1) is 0 Å². The third-order valence-electron chi connectivity index (χ3n) is 7.81. The quantitative estimate of drug-likeness (QED) is 0.372. The van der Waals surface area contributed by atoms with E-state index in [4.69, 9.17) is 0 Å². The molecule has 6 rings (SSSR count). The summed E-state index contributed by atoms with van der Waals surface area (Å²) in [5.74, 6) is -1.03. The van der Waals surface area contributed by atoms with E-state index in [1.165, 1.54) is 23.5 Å². The lowest BCUT2D eigenvalue weighted by Gasteiger charge is -2.37. The molecule has 0 bridgehead atoms. The molecule has 0 radical (unpaired) electrons. The maximum Gasteiger partial charge on any atom is 0.341 e. The number of piperidine rings is 1. The number of hydrogen-bond donors (Lipinski definition) is 3. The minimum absolute atomic E-state index is 0.130. The number of rotatable bonds is 5. The highest BCUT2D eigenvalue weighted by molar-refractivity contribution is 5.92. The van der Waals surface area contributed by atoms with Gasteiger partial charge in [0, 0.05) is 36.9 Å². The van der Waals surface area contributed by atoms with E-state index in [1.54, 1.807) is 4.57 Å². The molecule has 4 aromatic rings. The number of benzene rings is 2. The van der Waals surface area contributed by atoms with E-state index in [9.17, 15) is 19.8 Å². The maximum absolute atomic E-state index is 13.0. The highest BCUT2D eigenvalue weighted by Crippen LogP contribution is 2.34. The van der Waals surface area contributed by atoms with Crippen molar-refractivity contribution in [3.8, 4) is 5.69 Å². The Bertz CT molecular complexity index is 1620. The molecule has 3 N–H and O–H groups in total. The molecular formula is C29H29N5O4. The molecule has 1 aliphatic heterocycles. The monoisotopic (exact) mass is 511 g/mol. The lowest BCUT2D eigenvalue weighted by Crippen LogP contribution is -2.40. The van der Waals surface area contributed by atoms with E-state index >= 15 is 0 Å². The topological polar surface area (TPSA) is 121 Å². The molecule has 2 aliphatic rings. The molecule has 0 amide bonds. The molecule has 0 atom stereocenters. The number of aromatic carboxylic acids is 1. The number of carboxylic acids is 1. The minimum atomic E-state index is -1.29. The van der Waals surface area contributed by atoms with E-state index < -0.39 is 17.0 Å². The van der Waals surface area contributed by atoms with Crippen LogP contribution in [0.2, 0.25) is 0 Å². The van der Waals surface area contributed by atoms with Crippen molar-refractivity contribution in [2.24, 2.45) is 0 Å². The van der Waals surface area contributed by atoms with Gasteiger partial charge in [0.05, 0.1) is 11.0 Å². The Hall–Kier alpha value is -4.08. The summed E-state index contributed by atoms with van der Waals surface area (Å²) in [4.78, 5) is 36.0. The smallest absolute Gasteiger partial charge is 0.341 e. The Morgan fingerprint density at radius 2 is 1.87 bits per heavy atom. The lowest BCUT2D eigenvalue weighted by molar-refractivity contribution is -0.0202. The van der Waals surface area contributed by atoms with Gasteiger partial charge in [0.2, 0.25) is 11.4 Å². The van der Waals surface area contributed by atoms with E-state index in [0.717, 1.165) is 43.6 Å². The van der Waals surface area contributed by atoms with Crippen molar-refractivity contribution < 1.29 is 15.0 Å². The van der Waals surface area contributed by atoms with Crippen LogP contribution < -0.4 is 10.7 Å². The molecule has 1 saturated heterocycles. The highest BCUT2D eigenvalue weighted by atomic mass is 16.4. The van der Waals surface area contributed by atoms with Crippen molar-refractivity contribution >= 4 is 28.6 Å². The summed E-state index contributed by atoms with van der Waals surface area (Å²) < 4.78 is 1.66. The summed E-state index contributed by atoms with van der Waals surface area (Å²) in [5.41, 5.74) is 3.28. The fraction of sp³-hybridized carbons (Fsp3) is 0.310. The minimum Gasteiger partial charge on any atom is -0.477 e. The molecular weight excluding hydrogens is 482 g/mol. The maximum atomic E-state index is 13.0. The predicted octanol–water partition coefficient (Wildman–Crippen LogP) is 3.62. The van der Waals surface area contributed by atoms with Gasteiger partial charge in [-0.1, -0.05) is 18.2 Å². The Morgan fingerprint density at radius 1 is 1.08 bits per heavy atom. The number of likely N-dealkylation sites (tertiary alicyclic amines) is 1. The molecule has 1 aliphatic carbocycles. The third kappa shape index (κ3) is 4.33. The predicted molar refractivity (Wildman–Crippen MR) is 144 cm³/mol. The number of nitrogens with one attached hydrogen (secondary N) is 1. The second kappa shape index (κ2) is 9.34. The molecule has 38 heavy (non-hydrogen) atoms. The molecule has 1 fully saturated rings. The van der Waals surface area contributed by atoms with Gasteiger partial charge in [-0.2, -0.15) is 4.98 Å². The zero-order chi connectivity index (χ0) is 26.4. The summed E-state index contributed by atoms with van der Waals surface area (Å²) in [6.07, 6.45) is 7.10. The van der Waals surface area contributed by atoms with E-state index in [2.05, 4.69) is 33.3 Å². The summed E-state index contributed by atoms with van der Waals surface area (Å²) in [5, 5.41) is 24.3. The number of nitrogens with zero attached hydrogens (tertiary/aromatic N) is 4. The van der Waals surface area contributed by atoms with Crippen molar-refractivity contribution in [3.63, 3.8) is 0 Å². The number of aryl methyl sites for hydroxylation is 2. The van der Waals surface area contributed by atoms with Gasteiger partial charge < -0.3 is 25.0 Å². The van der Waals surface area contributed by atoms with Gasteiger partial charge in [0.1, 0.15) is 5.56 Å². The summed E-state index contributed by atoms with van der Waals surface area (Å²) in [7, 11) is 2.05. The average Bonchev–Trinajstić information content (AvgIpc) is 3.39. The van der Waals surface area contributed by atoms with Gasteiger partial charge in [0.25, 0.3) is 0 Å². The first-order chi connectivity index (χ1) is 18.3. The van der Waals surface area contributed by atoms with Gasteiger partial charge in [0.15, 0.2) is 5.65 Å². The number of aliphatic hydroxyl groups is 1. The Balaban J connectivity index is 1.41. The normalized spacial score (nSPS) is 16.9. The third-order valence-corrected chi connectivity index (χ3v) is 7.81. The number of aromatic nitrogens is 3. The summed E-state index contributed by atoms with van der Waals surface area (Å²) in [6, 6.07) is 13.6. The second-order valence-electron chi connectivity index (χ2n) is 10.3. The van der Waals surface area contributed by atoms with Crippen LogP contribution in [0.4, 0.5) is 11.6 Å². The Kier molecular flexibility index (Phi) is 5.97. The molecule has 9 nitrogen and oxygen atoms in total. The van der Waals surface area contributed by atoms with Crippen LogP contribution in [0.3, 0.4) is 0 Å². The SMILES string of the molecule is CN1CCC(O)(c2cccc(Nc3ncc4c(=O)c(C(=O)O)cn(-c5ccc6c(c5)CCC6)c4n3)c2)CC1. The van der Waals surface area contributed by atoms with Gasteiger partial charge in [-0.3, -0.25) is 4.79 Å². The van der Waals surface area contributed by atoms with Crippen molar-refractivity contribution in [2.75, 3.05) is 25.5 Å². The number of carbonyl (C=O) groups is 1. The second-order valence-corrected chi connectivity index (χ2v) is 10.3. The van der Waals surface area contributed by atoms with Crippen LogP contribution >= 0.6 is 0 Å². The Labute approximate surface area is 219 Å².